The summed E-state index contributed by atoms with van der Waals surface area (Å²) < 4.78 is 28.9. The van der Waals surface area contributed by atoms with Crippen molar-refractivity contribution in [3.8, 4) is 0 Å². The van der Waals surface area contributed by atoms with Gasteiger partial charge in [-0.3, -0.25) is 0 Å². The molecule has 1 aromatic carbocycles. The van der Waals surface area contributed by atoms with Crippen molar-refractivity contribution in [2.24, 2.45) is 51.2 Å². The molecule has 9 atom stereocenters. The molecule has 1 aliphatic heterocycles. The summed E-state index contributed by atoms with van der Waals surface area (Å²) >= 11 is 0. The highest BCUT2D eigenvalue weighted by Gasteiger charge is 2.70. The number of methoxy groups -OCH3 is 1. The fraction of sp³-hybridized carbons (Fsp3) is 0.780. The summed E-state index contributed by atoms with van der Waals surface area (Å²) in [5.41, 5.74) is 4.56. The van der Waals surface area contributed by atoms with Crippen molar-refractivity contribution in [1.82, 2.24) is 10.2 Å². The molecule has 0 radical (unpaired) electrons. The Morgan fingerprint density at radius 3 is 2.29 bits per heavy atom. The summed E-state index contributed by atoms with van der Waals surface area (Å²) in [7, 11) is -1.39. The van der Waals surface area contributed by atoms with Crippen LogP contribution in [-0.2, 0) is 14.6 Å². The predicted molar refractivity (Wildman–Crippen MR) is 194 cm³/mol. The van der Waals surface area contributed by atoms with Crippen LogP contribution >= 0.6 is 0 Å². The third-order valence-electron chi connectivity index (χ3n) is 16.3. The number of nitrogens with one attached hydrogen (secondary N) is 1. The van der Waals surface area contributed by atoms with E-state index in [0.717, 1.165) is 43.2 Å². The first kappa shape index (κ1) is 34.7. The molecule has 48 heavy (non-hydrogen) atoms. The zero-order valence-corrected chi connectivity index (χ0v) is 31.7. The van der Waals surface area contributed by atoms with Crippen LogP contribution in [0.5, 0.6) is 0 Å². The van der Waals surface area contributed by atoms with Gasteiger partial charge in [-0.1, -0.05) is 59.8 Å². The zero-order valence-electron chi connectivity index (χ0n) is 30.9. The highest BCUT2D eigenvalue weighted by atomic mass is 32.2. The molecule has 5 fully saturated rings. The van der Waals surface area contributed by atoms with Crippen LogP contribution in [0, 0.1) is 51.2 Å². The van der Waals surface area contributed by atoms with Crippen molar-refractivity contribution in [1.29, 1.82) is 0 Å². The first-order valence-electron chi connectivity index (χ1n) is 19.2. The lowest BCUT2D eigenvalue weighted by atomic mass is 9.33. The Labute approximate surface area is 291 Å². The van der Waals surface area contributed by atoms with Gasteiger partial charge in [-0.25, -0.2) is 13.2 Å². The van der Waals surface area contributed by atoms with Gasteiger partial charge in [0, 0.05) is 31.7 Å². The quantitative estimate of drug-likeness (QED) is 0.312. The molecule has 9 unspecified atom stereocenters. The average Bonchev–Trinajstić information content (AvgIpc) is 3.38. The van der Waals surface area contributed by atoms with Crippen LogP contribution in [-0.4, -0.2) is 69.6 Å². The van der Waals surface area contributed by atoms with Crippen molar-refractivity contribution in [3.63, 3.8) is 0 Å². The Morgan fingerprint density at radius 1 is 0.896 bits per heavy atom. The number of allylic oxidation sites excluding steroid dienone is 2. The van der Waals surface area contributed by atoms with Gasteiger partial charge in [-0.15, -0.1) is 0 Å². The van der Waals surface area contributed by atoms with Crippen LogP contribution < -0.4 is 5.32 Å². The maximum absolute atomic E-state index is 12.1. The van der Waals surface area contributed by atoms with Crippen LogP contribution in [0.25, 0.3) is 5.57 Å². The molecule has 1 saturated heterocycles. The predicted octanol–water partition coefficient (Wildman–Crippen LogP) is 7.64. The van der Waals surface area contributed by atoms with E-state index >= 15 is 0 Å². The summed E-state index contributed by atoms with van der Waals surface area (Å²) in [5.74, 6) is 3.93. The monoisotopic (exact) mass is 678 g/mol. The molecule has 0 amide bonds. The van der Waals surface area contributed by atoms with Gasteiger partial charge in [0.2, 0.25) is 0 Å². The Morgan fingerprint density at radius 2 is 1.60 bits per heavy atom. The summed E-state index contributed by atoms with van der Waals surface area (Å²) in [4.78, 5) is 14.5. The molecule has 6 nitrogen and oxygen atoms in total. The van der Waals surface area contributed by atoms with E-state index < -0.39 is 9.84 Å². The van der Waals surface area contributed by atoms with E-state index in [0.29, 0.717) is 46.9 Å². The minimum Gasteiger partial charge on any atom is -0.465 e. The van der Waals surface area contributed by atoms with Crippen LogP contribution in [0.4, 0.5) is 0 Å². The lowest BCUT2D eigenvalue weighted by Gasteiger charge is -2.72. The minimum absolute atomic E-state index is 0.0585. The number of esters is 1. The summed E-state index contributed by atoms with van der Waals surface area (Å²) in [5, 5.41) is 4.20. The van der Waals surface area contributed by atoms with E-state index in [4.69, 9.17) is 4.74 Å². The van der Waals surface area contributed by atoms with Gasteiger partial charge in [0.25, 0.3) is 0 Å². The zero-order chi connectivity index (χ0) is 34.3. The normalized spacial score (nSPS) is 43.2. The molecular weight excluding hydrogens is 617 g/mol. The summed E-state index contributed by atoms with van der Waals surface area (Å²) in [6, 6.07) is 8.11. The van der Waals surface area contributed by atoms with E-state index in [1.165, 1.54) is 69.6 Å². The van der Waals surface area contributed by atoms with Crippen LogP contribution in [0.15, 0.2) is 30.3 Å². The summed E-state index contributed by atoms with van der Waals surface area (Å²) in [6.45, 7) is 19.0. The third-order valence-corrected chi connectivity index (χ3v) is 17.9. The number of rotatable bonds is 6. The highest BCUT2D eigenvalue weighted by molar-refractivity contribution is 7.91. The maximum Gasteiger partial charge on any atom is 0.337 e. The van der Waals surface area contributed by atoms with Gasteiger partial charge >= 0.3 is 5.97 Å². The second-order valence-corrected chi connectivity index (χ2v) is 20.7. The molecule has 1 N–H and O–H groups in total. The molecule has 4 saturated carbocycles. The van der Waals surface area contributed by atoms with Crippen molar-refractivity contribution in [3.05, 3.63) is 41.5 Å². The van der Waals surface area contributed by atoms with E-state index in [2.05, 4.69) is 70.0 Å². The number of carbonyl (C=O) groups is 1. The Hall–Kier alpha value is -1.70. The molecule has 5 aliphatic carbocycles. The number of carbonyl (C=O) groups excluding carboxylic acids is 1. The number of nitrogens with zero attached hydrogens (tertiary/aromatic N) is 1. The Kier molecular flexibility index (Phi) is 8.64. The van der Waals surface area contributed by atoms with Gasteiger partial charge in [-0.05, 0) is 132 Å². The number of fused-ring (bicyclic) bond motifs is 7. The van der Waals surface area contributed by atoms with E-state index in [-0.39, 0.29) is 22.3 Å². The molecule has 266 valence electrons. The lowest BCUT2D eigenvalue weighted by molar-refractivity contribution is -0.219. The number of hydrogen-bond acceptors (Lipinski definition) is 6. The number of ether oxygens (including phenoxy) is 1. The van der Waals surface area contributed by atoms with Gasteiger partial charge in [0.05, 0.1) is 24.2 Å². The number of benzene rings is 1. The smallest absolute Gasteiger partial charge is 0.337 e. The fourth-order valence-electron chi connectivity index (χ4n) is 13.7. The molecular formula is C41H62N2O4S. The van der Waals surface area contributed by atoms with E-state index in [1.807, 2.05) is 12.1 Å². The van der Waals surface area contributed by atoms with Crippen LogP contribution in [0.1, 0.15) is 115 Å². The fourth-order valence-corrected chi connectivity index (χ4v) is 15.0. The largest absolute Gasteiger partial charge is 0.465 e. The second kappa shape index (κ2) is 11.9. The third kappa shape index (κ3) is 5.21. The Bertz CT molecular complexity index is 1540. The molecule has 1 heterocycles. The van der Waals surface area contributed by atoms with Crippen LogP contribution in [0.2, 0.25) is 0 Å². The number of hydrogen-bond donors (Lipinski definition) is 1. The molecule has 7 heteroatoms. The second-order valence-electron chi connectivity index (χ2n) is 18.4. The molecule has 0 spiro atoms. The maximum atomic E-state index is 12.1. The molecule has 7 rings (SSSR count). The molecule has 0 bridgehead atoms. The van der Waals surface area contributed by atoms with Crippen molar-refractivity contribution >= 4 is 21.4 Å². The lowest BCUT2D eigenvalue weighted by Crippen LogP contribution is -2.68. The van der Waals surface area contributed by atoms with Gasteiger partial charge in [0.1, 0.15) is 0 Å². The Balaban J connectivity index is 1.11. The first-order chi connectivity index (χ1) is 22.6. The topological polar surface area (TPSA) is 75.7 Å². The summed E-state index contributed by atoms with van der Waals surface area (Å²) in [6.07, 6.45) is 14.2. The standard InChI is InChI=1S/C41H62N2O4S/c1-28-14-19-41(42-22-23-43-24-26-48(45,46)27-25-43)21-20-39(5)32(35(28)41)12-13-34-38(4)17-15-31(29-8-10-30(11-9-29)36(44)47-7)37(2,3)33(38)16-18-40(34,39)6/h8-11,15,28,32-35,42H,12-14,16-27H2,1-7H3. The van der Waals surface area contributed by atoms with Crippen LogP contribution in [0.3, 0.4) is 0 Å². The minimum atomic E-state index is -2.84. The average molecular weight is 679 g/mol. The first-order valence-corrected chi connectivity index (χ1v) is 21.0. The van der Waals surface area contributed by atoms with E-state index in [1.54, 1.807) is 0 Å². The van der Waals surface area contributed by atoms with Crippen molar-refractivity contribution < 1.29 is 17.9 Å². The molecule has 0 aromatic heterocycles. The molecule has 1 aromatic rings. The van der Waals surface area contributed by atoms with Gasteiger partial charge in [0.15, 0.2) is 9.84 Å². The van der Waals surface area contributed by atoms with Crippen molar-refractivity contribution in [2.75, 3.05) is 44.8 Å². The van der Waals surface area contributed by atoms with Crippen molar-refractivity contribution in [2.45, 2.75) is 105 Å². The van der Waals surface area contributed by atoms with E-state index in [9.17, 15) is 13.2 Å². The number of sulfone groups is 1. The SMILES string of the molecule is COC(=O)c1ccc(C2=CCC3(C)C(CCC4(C)C3CCC3C5C(C)CCC5(NCCN5CCS(=O)(=O)CC5)CCC34C)C2(C)C)cc1. The molecule has 6 aliphatic rings. The van der Waals surface area contributed by atoms with Gasteiger partial charge in [-0.2, -0.15) is 0 Å². The van der Waals surface area contributed by atoms with Gasteiger partial charge < -0.3 is 15.0 Å². The highest BCUT2D eigenvalue weighted by Crippen LogP contribution is 2.76.